The lowest BCUT2D eigenvalue weighted by atomic mass is 9.85. The van der Waals surface area contributed by atoms with Gasteiger partial charge in [-0.2, -0.15) is 0 Å². The van der Waals surface area contributed by atoms with Crippen molar-refractivity contribution in [2.24, 2.45) is 11.7 Å². The smallest absolute Gasteiger partial charge is 0.0692 e. The molecule has 1 rings (SSSR count). The first-order valence-electron chi connectivity index (χ1n) is 4.57. The SMILES string of the molecule is CC1(C)CC(C(O)CN)CCO1. The third kappa shape index (κ3) is 2.44. The molecule has 0 aromatic heterocycles. The second kappa shape index (κ2) is 3.73. The van der Waals surface area contributed by atoms with E-state index in [0.717, 1.165) is 19.4 Å². The zero-order valence-electron chi connectivity index (χ0n) is 7.92. The molecule has 0 aromatic rings. The van der Waals surface area contributed by atoms with Gasteiger partial charge in [-0.05, 0) is 32.6 Å². The Hall–Kier alpha value is -0.120. The van der Waals surface area contributed by atoms with Crippen molar-refractivity contribution in [1.29, 1.82) is 0 Å². The van der Waals surface area contributed by atoms with E-state index in [2.05, 4.69) is 13.8 Å². The minimum Gasteiger partial charge on any atom is -0.392 e. The highest BCUT2D eigenvalue weighted by Crippen LogP contribution is 2.30. The molecular formula is C9H19NO2. The van der Waals surface area contributed by atoms with Crippen LogP contribution in [0.3, 0.4) is 0 Å². The highest BCUT2D eigenvalue weighted by Gasteiger charge is 2.31. The maximum absolute atomic E-state index is 9.53. The molecular weight excluding hydrogens is 154 g/mol. The van der Waals surface area contributed by atoms with Crippen molar-refractivity contribution < 1.29 is 9.84 Å². The molecule has 72 valence electrons. The van der Waals surface area contributed by atoms with E-state index < -0.39 is 0 Å². The first-order chi connectivity index (χ1) is 5.55. The van der Waals surface area contributed by atoms with E-state index in [1.807, 2.05) is 0 Å². The van der Waals surface area contributed by atoms with Gasteiger partial charge in [0.25, 0.3) is 0 Å². The van der Waals surface area contributed by atoms with E-state index in [1.165, 1.54) is 0 Å². The number of nitrogens with two attached hydrogens (primary N) is 1. The van der Waals surface area contributed by atoms with E-state index in [0.29, 0.717) is 12.5 Å². The predicted molar refractivity (Wildman–Crippen MR) is 47.8 cm³/mol. The first-order valence-corrected chi connectivity index (χ1v) is 4.57. The van der Waals surface area contributed by atoms with Gasteiger partial charge in [0.05, 0.1) is 11.7 Å². The fraction of sp³-hybridized carbons (Fsp3) is 1.00. The second-order valence-electron chi connectivity index (χ2n) is 4.16. The van der Waals surface area contributed by atoms with Crippen LogP contribution in [0.5, 0.6) is 0 Å². The van der Waals surface area contributed by atoms with Crippen LogP contribution in [0.15, 0.2) is 0 Å². The topological polar surface area (TPSA) is 55.5 Å². The molecule has 0 aromatic carbocycles. The summed E-state index contributed by atoms with van der Waals surface area (Å²) in [6.07, 6.45) is 1.49. The van der Waals surface area contributed by atoms with Crippen LogP contribution in [0.4, 0.5) is 0 Å². The van der Waals surface area contributed by atoms with Crippen molar-refractivity contribution in [3.8, 4) is 0 Å². The number of hydrogen-bond donors (Lipinski definition) is 2. The van der Waals surface area contributed by atoms with Crippen LogP contribution in [-0.4, -0.2) is 30.0 Å². The Kier molecular flexibility index (Phi) is 3.09. The summed E-state index contributed by atoms with van der Waals surface area (Å²) in [5.74, 6) is 0.318. The van der Waals surface area contributed by atoms with Gasteiger partial charge in [0, 0.05) is 13.2 Å². The monoisotopic (exact) mass is 173 g/mol. The minimum atomic E-state index is -0.354. The average molecular weight is 173 g/mol. The minimum absolute atomic E-state index is 0.0843. The van der Waals surface area contributed by atoms with Gasteiger partial charge >= 0.3 is 0 Å². The lowest BCUT2D eigenvalue weighted by molar-refractivity contribution is -0.0935. The summed E-state index contributed by atoms with van der Waals surface area (Å²) in [4.78, 5) is 0. The van der Waals surface area contributed by atoms with Crippen LogP contribution in [0.2, 0.25) is 0 Å². The van der Waals surface area contributed by atoms with Gasteiger partial charge in [0.2, 0.25) is 0 Å². The Morgan fingerprint density at radius 1 is 1.67 bits per heavy atom. The third-order valence-electron chi connectivity index (χ3n) is 2.52. The molecule has 1 aliphatic heterocycles. The number of aliphatic hydroxyl groups excluding tert-OH is 1. The van der Waals surface area contributed by atoms with Crippen LogP contribution in [-0.2, 0) is 4.74 Å². The Labute approximate surface area is 73.9 Å². The van der Waals surface area contributed by atoms with Crippen molar-refractivity contribution in [3.63, 3.8) is 0 Å². The maximum Gasteiger partial charge on any atom is 0.0692 e. The van der Waals surface area contributed by atoms with E-state index in [4.69, 9.17) is 10.5 Å². The van der Waals surface area contributed by atoms with Gasteiger partial charge in [0.1, 0.15) is 0 Å². The summed E-state index contributed by atoms with van der Waals surface area (Å²) in [7, 11) is 0. The van der Waals surface area contributed by atoms with Crippen molar-refractivity contribution in [2.75, 3.05) is 13.2 Å². The molecule has 0 spiro atoms. The fourth-order valence-corrected chi connectivity index (χ4v) is 1.80. The summed E-state index contributed by atoms with van der Waals surface area (Å²) in [5, 5.41) is 9.53. The quantitative estimate of drug-likeness (QED) is 0.639. The Morgan fingerprint density at radius 3 is 2.83 bits per heavy atom. The molecule has 1 saturated heterocycles. The van der Waals surface area contributed by atoms with E-state index in [9.17, 15) is 5.11 Å². The van der Waals surface area contributed by atoms with Crippen molar-refractivity contribution in [1.82, 2.24) is 0 Å². The van der Waals surface area contributed by atoms with Crippen molar-refractivity contribution in [2.45, 2.75) is 38.4 Å². The van der Waals surface area contributed by atoms with E-state index in [-0.39, 0.29) is 11.7 Å². The molecule has 3 nitrogen and oxygen atoms in total. The molecule has 12 heavy (non-hydrogen) atoms. The zero-order chi connectivity index (χ0) is 9.19. The molecule has 3 heteroatoms. The normalized spacial score (nSPS) is 31.5. The number of rotatable bonds is 2. The van der Waals surface area contributed by atoms with Crippen molar-refractivity contribution >= 4 is 0 Å². The average Bonchev–Trinajstić information content (AvgIpc) is 2.01. The zero-order valence-corrected chi connectivity index (χ0v) is 7.92. The molecule has 0 amide bonds. The Bertz CT molecular complexity index is 147. The Balaban J connectivity index is 2.46. The van der Waals surface area contributed by atoms with E-state index in [1.54, 1.807) is 0 Å². The summed E-state index contributed by atoms with van der Waals surface area (Å²) >= 11 is 0. The molecule has 2 unspecified atom stereocenters. The van der Waals surface area contributed by atoms with Gasteiger partial charge in [0.15, 0.2) is 0 Å². The molecule has 3 N–H and O–H groups in total. The van der Waals surface area contributed by atoms with Crippen molar-refractivity contribution in [3.05, 3.63) is 0 Å². The molecule has 0 saturated carbocycles. The third-order valence-corrected chi connectivity index (χ3v) is 2.52. The fourth-order valence-electron chi connectivity index (χ4n) is 1.80. The van der Waals surface area contributed by atoms with Crippen LogP contribution < -0.4 is 5.73 Å². The molecule has 1 heterocycles. The van der Waals surface area contributed by atoms with Gasteiger partial charge < -0.3 is 15.6 Å². The summed E-state index contributed by atoms with van der Waals surface area (Å²) < 4.78 is 5.54. The molecule has 0 aliphatic carbocycles. The van der Waals surface area contributed by atoms with E-state index >= 15 is 0 Å². The largest absolute Gasteiger partial charge is 0.392 e. The van der Waals surface area contributed by atoms with Gasteiger partial charge in [-0.3, -0.25) is 0 Å². The van der Waals surface area contributed by atoms with Gasteiger partial charge in [-0.1, -0.05) is 0 Å². The van der Waals surface area contributed by atoms with Crippen LogP contribution in [0, 0.1) is 5.92 Å². The molecule has 0 radical (unpaired) electrons. The number of ether oxygens (including phenoxy) is 1. The lowest BCUT2D eigenvalue weighted by Crippen LogP contribution is -2.41. The standard InChI is InChI=1S/C9H19NO2/c1-9(2)5-7(3-4-12-9)8(11)6-10/h7-8,11H,3-6,10H2,1-2H3. The molecule has 0 bridgehead atoms. The second-order valence-corrected chi connectivity index (χ2v) is 4.16. The van der Waals surface area contributed by atoms with Crippen LogP contribution >= 0.6 is 0 Å². The highest BCUT2D eigenvalue weighted by atomic mass is 16.5. The van der Waals surface area contributed by atoms with Crippen LogP contribution in [0.25, 0.3) is 0 Å². The lowest BCUT2D eigenvalue weighted by Gasteiger charge is -2.37. The predicted octanol–water partition coefficient (Wildman–Crippen LogP) is 0.511. The number of aliphatic hydroxyl groups is 1. The molecule has 1 fully saturated rings. The van der Waals surface area contributed by atoms with Crippen LogP contribution in [0.1, 0.15) is 26.7 Å². The first kappa shape index (κ1) is 9.96. The van der Waals surface area contributed by atoms with Gasteiger partial charge in [-0.25, -0.2) is 0 Å². The summed E-state index contributed by atoms with van der Waals surface area (Å²) in [5.41, 5.74) is 5.32. The summed E-state index contributed by atoms with van der Waals surface area (Å²) in [6, 6.07) is 0. The summed E-state index contributed by atoms with van der Waals surface area (Å²) in [6.45, 7) is 5.22. The number of hydrogen-bond acceptors (Lipinski definition) is 3. The Morgan fingerprint density at radius 2 is 2.33 bits per heavy atom. The molecule has 2 atom stereocenters. The highest BCUT2D eigenvalue weighted by molar-refractivity contribution is 4.82. The molecule has 1 aliphatic rings. The maximum atomic E-state index is 9.53. The van der Waals surface area contributed by atoms with Gasteiger partial charge in [-0.15, -0.1) is 0 Å².